The number of hydrogen-bond acceptors (Lipinski definition) is 5. The van der Waals surface area contributed by atoms with Crippen LogP contribution in [0.2, 0.25) is 0 Å². The molecule has 0 spiro atoms. The largest absolute Gasteiger partial charge is 0.379 e. The number of benzene rings is 2. The van der Waals surface area contributed by atoms with Crippen molar-refractivity contribution in [1.29, 1.82) is 0 Å². The molecule has 0 bridgehead atoms. The average Bonchev–Trinajstić information content (AvgIpc) is 3.63. The van der Waals surface area contributed by atoms with Crippen molar-refractivity contribution in [2.24, 2.45) is 11.0 Å². The summed E-state index contributed by atoms with van der Waals surface area (Å²) in [5.41, 5.74) is 2.52. The molecule has 0 unspecified atom stereocenters. The Kier molecular flexibility index (Phi) is 8.26. The van der Waals surface area contributed by atoms with Gasteiger partial charge >= 0.3 is 0 Å². The second kappa shape index (κ2) is 12.0. The summed E-state index contributed by atoms with van der Waals surface area (Å²) < 4.78 is 19.0. The molecule has 8 heteroatoms. The third kappa shape index (κ3) is 6.25. The Morgan fingerprint density at radius 3 is 2.41 bits per heavy atom. The number of amides is 2. The smallest absolute Gasteiger partial charge is 0.262 e. The van der Waals surface area contributed by atoms with E-state index in [1.165, 1.54) is 17.1 Å². The highest BCUT2D eigenvalue weighted by Gasteiger charge is 2.36. The second-order valence-electron chi connectivity index (χ2n) is 10.1. The molecule has 2 amide bonds. The minimum atomic E-state index is -0.309. The van der Waals surface area contributed by atoms with E-state index in [4.69, 9.17) is 9.84 Å². The molecular formula is C29H35FN4O3. The first-order valence-electron chi connectivity index (χ1n) is 13.4. The van der Waals surface area contributed by atoms with E-state index in [1.54, 1.807) is 17.0 Å². The van der Waals surface area contributed by atoms with Crippen LogP contribution in [-0.2, 0) is 14.3 Å². The first-order valence-corrected chi connectivity index (χ1v) is 13.4. The van der Waals surface area contributed by atoms with Crippen molar-refractivity contribution in [3.05, 3.63) is 71.5 Å². The lowest BCUT2D eigenvalue weighted by Crippen LogP contribution is -2.47. The van der Waals surface area contributed by atoms with Crippen LogP contribution in [0.15, 0.2) is 59.7 Å². The summed E-state index contributed by atoms with van der Waals surface area (Å²) >= 11 is 0. The van der Waals surface area contributed by atoms with Gasteiger partial charge in [0.15, 0.2) is 0 Å². The highest BCUT2D eigenvalue weighted by molar-refractivity contribution is 6.03. The first kappa shape index (κ1) is 25.5. The van der Waals surface area contributed by atoms with E-state index in [2.05, 4.69) is 4.90 Å². The lowest BCUT2D eigenvalue weighted by atomic mass is 9.98. The Bertz CT molecular complexity index is 1100. The van der Waals surface area contributed by atoms with Gasteiger partial charge in [0.2, 0.25) is 5.91 Å². The van der Waals surface area contributed by atoms with Crippen LogP contribution in [0.1, 0.15) is 49.3 Å². The lowest BCUT2D eigenvalue weighted by molar-refractivity contribution is -0.144. The molecule has 1 atom stereocenters. The van der Waals surface area contributed by atoms with Crippen molar-refractivity contribution < 1.29 is 18.7 Å². The summed E-state index contributed by atoms with van der Waals surface area (Å²) in [6, 6.07) is 15.8. The second-order valence-corrected chi connectivity index (χ2v) is 10.1. The Hall–Kier alpha value is -3.10. The number of rotatable bonds is 8. The molecule has 0 radical (unpaired) electrons. The number of morpholine rings is 1. The van der Waals surface area contributed by atoms with Crippen molar-refractivity contribution in [1.82, 2.24) is 14.8 Å². The van der Waals surface area contributed by atoms with E-state index in [0.29, 0.717) is 26.2 Å². The normalized spacial score (nSPS) is 20.7. The van der Waals surface area contributed by atoms with Crippen molar-refractivity contribution in [3.63, 3.8) is 0 Å². The van der Waals surface area contributed by atoms with Gasteiger partial charge in [0, 0.05) is 38.5 Å². The van der Waals surface area contributed by atoms with Crippen LogP contribution in [0, 0.1) is 11.7 Å². The summed E-state index contributed by atoms with van der Waals surface area (Å²) in [4.78, 5) is 31.3. The zero-order valence-electron chi connectivity index (χ0n) is 21.2. The molecule has 0 aromatic heterocycles. The highest BCUT2D eigenvalue weighted by atomic mass is 19.1. The topological polar surface area (TPSA) is 65.5 Å². The molecule has 2 fully saturated rings. The van der Waals surface area contributed by atoms with Gasteiger partial charge in [-0.25, -0.2) is 9.40 Å². The molecule has 196 valence electrons. The molecule has 1 saturated heterocycles. The van der Waals surface area contributed by atoms with Crippen molar-refractivity contribution in [2.45, 2.75) is 38.1 Å². The molecule has 2 aromatic carbocycles. The van der Waals surface area contributed by atoms with Crippen LogP contribution >= 0.6 is 0 Å². The van der Waals surface area contributed by atoms with Gasteiger partial charge in [-0.1, -0.05) is 55.3 Å². The summed E-state index contributed by atoms with van der Waals surface area (Å²) in [6.45, 7) is 4.32. The van der Waals surface area contributed by atoms with Crippen LogP contribution in [0.3, 0.4) is 0 Å². The lowest BCUT2D eigenvalue weighted by Gasteiger charge is -2.32. The number of nitrogens with zero attached hydrogens (tertiary/aromatic N) is 4. The Morgan fingerprint density at radius 2 is 1.70 bits per heavy atom. The summed E-state index contributed by atoms with van der Waals surface area (Å²) in [7, 11) is 0. The van der Waals surface area contributed by atoms with Gasteiger partial charge in [-0.3, -0.25) is 14.5 Å². The van der Waals surface area contributed by atoms with Gasteiger partial charge < -0.3 is 9.64 Å². The number of ether oxygens (including phenoxy) is 1. The van der Waals surface area contributed by atoms with Crippen LogP contribution in [-0.4, -0.2) is 78.3 Å². The summed E-state index contributed by atoms with van der Waals surface area (Å²) in [5, 5.41) is 6.26. The molecule has 5 rings (SSSR count). The van der Waals surface area contributed by atoms with E-state index in [9.17, 15) is 14.0 Å². The van der Waals surface area contributed by atoms with Gasteiger partial charge in [-0.15, -0.1) is 0 Å². The molecule has 37 heavy (non-hydrogen) atoms. The minimum Gasteiger partial charge on any atom is -0.379 e. The molecule has 7 nitrogen and oxygen atoms in total. The van der Waals surface area contributed by atoms with Crippen molar-refractivity contribution >= 4 is 17.5 Å². The molecule has 2 heterocycles. The molecule has 1 aliphatic carbocycles. The molecule has 1 saturated carbocycles. The van der Waals surface area contributed by atoms with Gasteiger partial charge in [0.05, 0.1) is 25.0 Å². The molecule has 2 aromatic rings. The highest BCUT2D eigenvalue weighted by Crippen LogP contribution is 2.33. The van der Waals surface area contributed by atoms with Crippen molar-refractivity contribution in [2.75, 3.05) is 45.9 Å². The van der Waals surface area contributed by atoms with Crippen LogP contribution < -0.4 is 0 Å². The van der Waals surface area contributed by atoms with E-state index >= 15 is 0 Å². The fourth-order valence-corrected chi connectivity index (χ4v) is 5.51. The minimum absolute atomic E-state index is 0.000681. The maximum absolute atomic E-state index is 13.8. The Labute approximate surface area is 217 Å². The zero-order chi connectivity index (χ0) is 25.6. The third-order valence-corrected chi connectivity index (χ3v) is 7.66. The standard InChI is InChI=1S/C29H35FN4O3/c30-25-12-10-22(11-13-25)26-20-27(23-6-2-1-3-7-23)34(31-26)28(35)21-33(29(36)24-8-4-5-9-24)15-14-32-16-18-37-19-17-32/h1-3,6-7,10-13,24,27H,4-5,8-9,14-21H2/t27-/m0/s1. The SMILES string of the molecule is O=C(C1CCCC1)N(CCN1CCOCC1)CC(=O)N1N=C(c2ccc(F)cc2)C[C@H]1c1ccccc1. The van der Waals surface area contributed by atoms with Crippen LogP contribution in [0.5, 0.6) is 0 Å². The fourth-order valence-electron chi connectivity index (χ4n) is 5.51. The maximum atomic E-state index is 13.8. The average molecular weight is 507 g/mol. The monoisotopic (exact) mass is 506 g/mol. The maximum Gasteiger partial charge on any atom is 0.262 e. The third-order valence-electron chi connectivity index (χ3n) is 7.66. The number of hydrogen-bond donors (Lipinski definition) is 0. The Morgan fingerprint density at radius 1 is 1.00 bits per heavy atom. The van der Waals surface area contributed by atoms with Crippen molar-refractivity contribution in [3.8, 4) is 0 Å². The number of halogens is 1. The molecular weight excluding hydrogens is 471 g/mol. The van der Waals surface area contributed by atoms with E-state index in [0.717, 1.165) is 62.2 Å². The number of hydrazone groups is 1. The zero-order valence-corrected chi connectivity index (χ0v) is 21.2. The molecule has 0 N–H and O–H groups in total. The van der Waals surface area contributed by atoms with E-state index in [-0.39, 0.29) is 36.1 Å². The predicted molar refractivity (Wildman–Crippen MR) is 139 cm³/mol. The number of carbonyl (C=O) groups is 2. The first-order chi connectivity index (χ1) is 18.1. The molecule has 2 aliphatic heterocycles. The molecule has 3 aliphatic rings. The van der Waals surface area contributed by atoms with Gasteiger partial charge in [0.25, 0.3) is 5.91 Å². The Balaban J connectivity index is 1.36. The van der Waals surface area contributed by atoms with Gasteiger partial charge in [-0.05, 0) is 36.1 Å². The van der Waals surface area contributed by atoms with Crippen LogP contribution in [0.4, 0.5) is 4.39 Å². The van der Waals surface area contributed by atoms with E-state index < -0.39 is 0 Å². The van der Waals surface area contributed by atoms with E-state index in [1.807, 2.05) is 30.3 Å². The summed E-state index contributed by atoms with van der Waals surface area (Å²) in [6.07, 6.45) is 4.45. The fraction of sp³-hybridized carbons (Fsp3) is 0.483. The summed E-state index contributed by atoms with van der Waals surface area (Å²) in [5.74, 6) is -0.424. The van der Waals surface area contributed by atoms with Gasteiger partial charge in [0.1, 0.15) is 12.4 Å². The van der Waals surface area contributed by atoms with Crippen LogP contribution in [0.25, 0.3) is 0 Å². The number of carbonyl (C=O) groups excluding carboxylic acids is 2. The van der Waals surface area contributed by atoms with Gasteiger partial charge in [-0.2, -0.15) is 5.10 Å². The quantitative estimate of drug-likeness (QED) is 0.546. The predicted octanol–water partition coefficient (Wildman–Crippen LogP) is 3.85.